The van der Waals surface area contributed by atoms with Crippen molar-refractivity contribution < 1.29 is 13.9 Å². The van der Waals surface area contributed by atoms with Crippen molar-refractivity contribution in [3.63, 3.8) is 0 Å². The van der Waals surface area contributed by atoms with E-state index in [1.807, 2.05) is 13.0 Å². The summed E-state index contributed by atoms with van der Waals surface area (Å²) >= 11 is 0. The summed E-state index contributed by atoms with van der Waals surface area (Å²) in [4.78, 5) is 0. The molecule has 3 heteroatoms. The second-order valence-electron chi connectivity index (χ2n) is 4.29. The van der Waals surface area contributed by atoms with Gasteiger partial charge >= 0.3 is 0 Å². The molecule has 0 unspecified atom stereocenters. The zero-order valence-electron chi connectivity index (χ0n) is 9.77. The standard InChI is InChI=1S/C15H11FO2/c1-9-6-10(2-4-13(9)17)15-8-11-7-12(16)3-5-14(11)18-15/h2-8,17H,1H3. The number of fused-ring (bicyclic) bond motifs is 1. The Morgan fingerprint density at radius 2 is 1.89 bits per heavy atom. The highest BCUT2D eigenvalue weighted by Gasteiger charge is 2.08. The number of phenols is 1. The van der Waals surface area contributed by atoms with Crippen molar-refractivity contribution in [2.24, 2.45) is 0 Å². The molecule has 3 rings (SSSR count). The van der Waals surface area contributed by atoms with Gasteiger partial charge in [-0.1, -0.05) is 0 Å². The van der Waals surface area contributed by atoms with Gasteiger partial charge in [0.2, 0.25) is 0 Å². The van der Waals surface area contributed by atoms with Crippen molar-refractivity contribution >= 4 is 11.0 Å². The Morgan fingerprint density at radius 1 is 1.06 bits per heavy atom. The lowest BCUT2D eigenvalue weighted by molar-refractivity contribution is 0.471. The Balaban J connectivity index is 2.16. The third kappa shape index (κ3) is 1.74. The van der Waals surface area contributed by atoms with Crippen molar-refractivity contribution in [2.75, 3.05) is 0 Å². The number of benzene rings is 2. The van der Waals surface area contributed by atoms with Crippen LogP contribution in [0.2, 0.25) is 0 Å². The third-order valence-corrected chi connectivity index (χ3v) is 2.96. The summed E-state index contributed by atoms with van der Waals surface area (Å²) in [6, 6.07) is 11.5. The molecular formula is C15H11FO2. The van der Waals surface area contributed by atoms with Gasteiger partial charge in [0.05, 0.1) is 0 Å². The number of phenolic OH excluding ortho intramolecular Hbond substituents is 1. The second-order valence-corrected chi connectivity index (χ2v) is 4.29. The molecule has 0 bridgehead atoms. The van der Waals surface area contributed by atoms with E-state index in [1.54, 1.807) is 24.3 Å². The minimum Gasteiger partial charge on any atom is -0.508 e. The highest BCUT2D eigenvalue weighted by molar-refractivity contribution is 5.83. The first-order valence-corrected chi connectivity index (χ1v) is 5.62. The van der Waals surface area contributed by atoms with Gasteiger partial charge in [-0.2, -0.15) is 0 Å². The molecule has 0 aliphatic heterocycles. The van der Waals surface area contributed by atoms with E-state index in [-0.39, 0.29) is 11.6 Å². The molecule has 0 atom stereocenters. The number of aryl methyl sites for hydroxylation is 1. The van der Waals surface area contributed by atoms with E-state index in [1.165, 1.54) is 12.1 Å². The molecule has 1 heterocycles. The van der Waals surface area contributed by atoms with Gasteiger partial charge < -0.3 is 9.52 Å². The van der Waals surface area contributed by atoms with Gasteiger partial charge in [0, 0.05) is 10.9 Å². The first kappa shape index (κ1) is 10.8. The van der Waals surface area contributed by atoms with E-state index in [9.17, 15) is 9.50 Å². The predicted octanol–water partition coefficient (Wildman–Crippen LogP) is 4.25. The maximum absolute atomic E-state index is 13.1. The summed E-state index contributed by atoms with van der Waals surface area (Å²) in [5.74, 6) is 0.636. The first-order chi connectivity index (χ1) is 8.63. The monoisotopic (exact) mass is 242 g/mol. The SMILES string of the molecule is Cc1cc(-c2cc3cc(F)ccc3o2)ccc1O. The average molecular weight is 242 g/mol. The number of furan rings is 1. The molecule has 0 radical (unpaired) electrons. The molecule has 0 amide bonds. The fourth-order valence-corrected chi connectivity index (χ4v) is 1.97. The summed E-state index contributed by atoms with van der Waals surface area (Å²) in [7, 11) is 0. The Hall–Kier alpha value is -2.29. The normalized spacial score (nSPS) is 11.0. The minimum absolute atomic E-state index is 0.251. The predicted molar refractivity (Wildman–Crippen MR) is 68.0 cm³/mol. The fraction of sp³-hybridized carbons (Fsp3) is 0.0667. The van der Waals surface area contributed by atoms with Gasteiger partial charge in [0.25, 0.3) is 0 Å². The van der Waals surface area contributed by atoms with Crippen molar-refractivity contribution in [3.05, 3.63) is 53.8 Å². The quantitative estimate of drug-likeness (QED) is 0.691. The number of rotatable bonds is 1. The topological polar surface area (TPSA) is 33.4 Å². The Morgan fingerprint density at radius 3 is 2.67 bits per heavy atom. The van der Waals surface area contributed by atoms with E-state index < -0.39 is 0 Å². The lowest BCUT2D eigenvalue weighted by Crippen LogP contribution is -1.77. The minimum atomic E-state index is -0.281. The van der Waals surface area contributed by atoms with Gasteiger partial charge in [-0.15, -0.1) is 0 Å². The fourth-order valence-electron chi connectivity index (χ4n) is 1.97. The molecule has 0 aliphatic carbocycles. The molecule has 0 saturated carbocycles. The summed E-state index contributed by atoms with van der Waals surface area (Å²) in [5, 5.41) is 10.2. The van der Waals surface area contributed by atoms with Gasteiger partial charge in [0.1, 0.15) is 22.9 Å². The molecule has 2 nitrogen and oxygen atoms in total. The molecule has 1 aromatic heterocycles. The second kappa shape index (κ2) is 3.88. The molecule has 3 aromatic rings. The summed E-state index contributed by atoms with van der Waals surface area (Å²) < 4.78 is 18.7. The van der Waals surface area contributed by atoms with Crippen LogP contribution in [0.4, 0.5) is 4.39 Å². The molecule has 2 aromatic carbocycles. The van der Waals surface area contributed by atoms with Gasteiger partial charge in [-0.05, 0) is 55.0 Å². The van der Waals surface area contributed by atoms with Crippen LogP contribution in [0.15, 0.2) is 46.9 Å². The highest BCUT2D eigenvalue weighted by Crippen LogP contribution is 2.30. The van der Waals surface area contributed by atoms with E-state index in [0.717, 1.165) is 16.5 Å². The van der Waals surface area contributed by atoms with Crippen LogP contribution in [0.5, 0.6) is 5.75 Å². The van der Waals surface area contributed by atoms with E-state index in [2.05, 4.69) is 0 Å². The van der Waals surface area contributed by atoms with Gasteiger partial charge in [-0.25, -0.2) is 4.39 Å². The zero-order chi connectivity index (χ0) is 12.7. The molecular weight excluding hydrogens is 231 g/mol. The lowest BCUT2D eigenvalue weighted by Gasteiger charge is -2.00. The van der Waals surface area contributed by atoms with E-state index in [0.29, 0.717) is 11.3 Å². The van der Waals surface area contributed by atoms with Crippen LogP contribution >= 0.6 is 0 Å². The molecule has 90 valence electrons. The summed E-state index contributed by atoms with van der Waals surface area (Å²) in [6.07, 6.45) is 0. The molecule has 18 heavy (non-hydrogen) atoms. The number of hydrogen-bond acceptors (Lipinski definition) is 2. The van der Waals surface area contributed by atoms with Crippen LogP contribution in [0.25, 0.3) is 22.3 Å². The van der Waals surface area contributed by atoms with Crippen LogP contribution in [0.3, 0.4) is 0 Å². The smallest absolute Gasteiger partial charge is 0.135 e. The lowest BCUT2D eigenvalue weighted by atomic mass is 10.1. The van der Waals surface area contributed by atoms with Crippen LogP contribution in [-0.4, -0.2) is 5.11 Å². The Labute approximate surface area is 103 Å². The van der Waals surface area contributed by atoms with Crippen molar-refractivity contribution in [3.8, 4) is 17.1 Å². The number of hydrogen-bond donors (Lipinski definition) is 1. The maximum Gasteiger partial charge on any atom is 0.135 e. The number of halogens is 1. The van der Waals surface area contributed by atoms with Gasteiger partial charge in [0.15, 0.2) is 0 Å². The number of aromatic hydroxyl groups is 1. The van der Waals surface area contributed by atoms with Crippen LogP contribution < -0.4 is 0 Å². The molecule has 0 spiro atoms. The zero-order valence-corrected chi connectivity index (χ0v) is 9.77. The maximum atomic E-state index is 13.1. The van der Waals surface area contributed by atoms with Crippen molar-refractivity contribution in [1.82, 2.24) is 0 Å². The molecule has 0 fully saturated rings. The molecule has 0 saturated heterocycles. The first-order valence-electron chi connectivity index (χ1n) is 5.62. The average Bonchev–Trinajstić information content (AvgIpc) is 2.75. The van der Waals surface area contributed by atoms with Crippen LogP contribution in [-0.2, 0) is 0 Å². The van der Waals surface area contributed by atoms with Crippen LogP contribution in [0.1, 0.15) is 5.56 Å². The Kier molecular flexibility index (Phi) is 2.33. The van der Waals surface area contributed by atoms with Crippen LogP contribution in [0, 0.1) is 12.7 Å². The Bertz CT molecular complexity index is 728. The largest absolute Gasteiger partial charge is 0.508 e. The third-order valence-electron chi connectivity index (χ3n) is 2.96. The van der Waals surface area contributed by atoms with E-state index in [4.69, 9.17) is 4.42 Å². The van der Waals surface area contributed by atoms with E-state index >= 15 is 0 Å². The summed E-state index contributed by atoms with van der Waals surface area (Å²) in [5.41, 5.74) is 2.29. The van der Waals surface area contributed by atoms with Crippen molar-refractivity contribution in [2.45, 2.75) is 6.92 Å². The molecule has 1 N–H and O–H groups in total. The van der Waals surface area contributed by atoms with Crippen molar-refractivity contribution in [1.29, 1.82) is 0 Å². The summed E-state index contributed by atoms with van der Waals surface area (Å²) in [6.45, 7) is 1.82. The van der Waals surface area contributed by atoms with Gasteiger partial charge in [-0.3, -0.25) is 0 Å². The highest BCUT2D eigenvalue weighted by atomic mass is 19.1. The molecule has 0 aliphatic rings.